The van der Waals surface area contributed by atoms with Crippen LogP contribution in [-0.2, 0) is 4.74 Å². The number of nitriles is 1. The van der Waals surface area contributed by atoms with Gasteiger partial charge in [-0.2, -0.15) is 10.2 Å². The molecule has 1 unspecified atom stereocenters. The van der Waals surface area contributed by atoms with Crippen molar-refractivity contribution in [3.63, 3.8) is 0 Å². The molecule has 1 aliphatic rings. The van der Waals surface area contributed by atoms with E-state index in [0.717, 1.165) is 11.3 Å². The van der Waals surface area contributed by atoms with Crippen molar-refractivity contribution in [3.8, 4) is 23.2 Å². The Labute approximate surface area is 121 Å². The molecule has 1 fully saturated rings. The van der Waals surface area contributed by atoms with Crippen LogP contribution in [0.2, 0.25) is 0 Å². The van der Waals surface area contributed by atoms with Crippen molar-refractivity contribution in [1.29, 1.82) is 5.26 Å². The van der Waals surface area contributed by atoms with E-state index in [4.69, 9.17) is 19.3 Å². The van der Waals surface area contributed by atoms with Gasteiger partial charge in [-0.1, -0.05) is 17.3 Å². The highest BCUT2D eigenvalue weighted by atomic mass is 16.5. The Morgan fingerprint density at radius 3 is 3.19 bits per heavy atom. The van der Waals surface area contributed by atoms with Crippen LogP contribution in [0.1, 0.15) is 0 Å². The molecule has 2 heterocycles. The highest BCUT2D eigenvalue weighted by Gasteiger charge is 2.24. The predicted molar refractivity (Wildman–Crippen MR) is 73.9 cm³/mol. The van der Waals surface area contributed by atoms with Crippen LogP contribution in [-0.4, -0.2) is 43.1 Å². The molecular formula is C14H14N4O3. The Kier molecular flexibility index (Phi) is 3.71. The quantitative estimate of drug-likeness (QED) is 0.844. The molecule has 1 saturated heterocycles. The number of hydrogen-bond donors (Lipinski definition) is 0. The van der Waals surface area contributed by atoms with Crippen molar-refractivity contribution in [2.45, 2.75) is 6.10 Å². The molecule has 7 nitrogen and oxygen atoms in total. The van der Waals surface area contributed by atoms with Crippen molar-refractivity contribution < 1.29 is 14.0 Å². The summed E-state index contributed by atoms with van der Waals surface area (Å²) < 4.78 is 15.8. The number of aromatic nitrogens is 2. The van der Waals surface area contributed by atoms with Crippen LogP contribution in [0.15, 0.2) is 28.8 Å². The normalized spacial score (nSPS) is 18.3. The predicted octanol–water partition coefficient (Wildman–Crippen LogP) is 1.47. The largest absolute Gasteiger partial charge is 0.497 e. The molecular weight excluding hydrogens is 272 g/mol. The molecule has 0 amide bonds. The number of benzene rings is 1. The van der Waals surface area contributed by atoms with E-state index in [9.17, 15) is 0 Å². The Bertz CT molecular complexity index is 664. The van der Waals surface area contributed by atoms with Crippen molar-refractivity contribution in [2.24, 2.45) is 0 Å². The minimum Gasteiger partial charge on any atom is -0.497 e. The van der Waals surface area contributed by atoms with Gasteiger partial charge in [0, 0.05) is 12.1 Å². The minimum atomic E-state index is -0.467. The Morgan fingerprint density at radius 1 is 1.48 bits per heavy atom. The van der Waals surface area contributed by atoms with Crippen molar-refractivity contribution in [1.82, 2.24) is 10.1 Å². The molecule has 0 N–H and O–H groups in total. The van der Waals surface area contributed by atoms with Gasteiger partial charge in [0.25, 0.3) is 0 Å². The third-order valence-electron chi connectivity index (χ3n) is 3.22. The second-order valence-corrected chi connectivity index (χ2v) is 4.57. The lowest BCUT2D eigenvalue weighted by atomic mass is 10.2. The third-order valence-corrected chi connectivity index (χ3v) is 3.22. The molecule has 3 rings (SSSR count). The molecule has 7 heteroatoms. The molecule has 21 heavy (non-hydrogen) atoms. The fourth-order valence-electron chi connectivity index (χ4n) is 2.12. The van der Waals surface area contributed by atoms with Crippen molar-refractivity contribution >= 4 is 6.01 Å². The van der Waals surface area contributed by atoms with Gasteiger partial charge in [-0.05, 0) is 12.1 Å². The number of hydrogen-bond acceptors (Lipinski definition) is 7. The van der Waals surface area contributed by atoms with Gasteiger partial charge < -0.3 is 18.9 Å². The van der Waals surface area contributed by atoms with Gasteiger partial charge in [-0.15, -0.1) is 0 Å². The first-order chi connectivity index (χ1) is 10.3. The molecule has 0 saturated carbocycles. The molecule has 1 aromatic heterocycles. The van der Waals surface area contributed by atoms with Gasteiger partial charge in [-0.3, -0.25) is 0 Å². The maximum Gasteiger partial charge on any atom is 0.324 e. The number of anilines is 1. The van der Waals surface area contributed by atoms with Gasteiger partial charge in [0.05, 0.1) is 26.3 Å². The minimum absolute atomic E-state index is 0.399. The van der Waals surface area contributed by atoms with Crippen LogP contribution in [0.25, 0.3) is 11.4 Å². The summed E-state index contributed by atoms with van der Waals surface area (Å²) in [4.78, 5) is 6.23. The van der Waals surface area contributed by atoms with E-state index < -0.39 is 6.10 Å². The lowest BCUT2D eigenvalue weighted by molar-refractivity contribution is 0.0739. The van der Waals surface area contributed by atoms with E-state index in [1.807, 2.05) is 29.2 Å². The Balaban J connectivity index is 1.81. The zero-order valence-corrected chi connectivity index (χ0v) is 11.5. The highest BCUT2D eigenvalue weighted by molar-refractivity contribution is 5.58. The van der Waals surface area contributed by atoms with E-state index in [1.54, 1.807) is 7.11 Å². The number of ether oxygens (including phenoxy) is 2. The van der Waals surface area contributed by atoms with Crippen LogP contribution in [0.4, 0.5) is 6.01 Å². The van der Waals surface area contributed by atoms with E-state index in [2.05, 4.69) is 16.2 Å². The van der Waals surface area contributed by atoms with E-state index in [-0.39, 0.29) is 0 Å². The first kappa shape index (κ1) is 13.4. The lowest BCUT2D eigenvalue weighted by Crippen LogP contribution is -2.42. The Morgan fingerprint density at radius 2 is 2.38 bits per heavy atom. The molecule has 108 valence electrons. The first-order valence-electron chi connectivity index (χ1n) is 6.54. The second-order valence-electron chi connectivity index (χ2n) is 4.57. The van der Waals surface area contributed by atoms with Gasteiger partial charge in [0.15, 0.2) is 6.10 Å². The van der Waals surface area contributed by atoms with Crippen molar-refractivity contribution in [2.75, 3.05) is 31.7 Å². The van der Waals surface area contributed by atoms with Gasteiger partial charge >= 0.3 is 6.01 Å². The van der Waals surface area contributed by atoms with Crippen molar-refractivity contribution in [3.05, 3.63) is 24.3 Å². The molecule has 0 aliphatic carbocycles. The van der Waals surface area contributed by atoms with E-state index >= 15 is 0 Å². The van der Waals surface area contributed by atoms with E-state index in [0.29, 0.717) is 31.5 Å². The zero-order chi connectivity index (χ0) is 14.7. The highest BCUT2D eigenvalue weighted by Crippen LogP contribution is 2.24. The molecule has 1 atom stereocenters. The third kappa shape index (κ3) is 2.80. The summed E-state index contributed by atoms with van der Waals surface area (Å²) in [5, 5.41) is 12.9. The Hall–Kier alpha value is -2.59. The number of methoxy groups -OCH3 is 1. The van der Waals surface area contributed by atoms with Crippen LogP contribution >= 0.6 is 0 Å². The topological polar surface area (TPSA) is 84.4 Å². The SMILES string of the molecule is COc1cccc(-c2noc(N3CCOC(C#N)C3)n2)c1. The first-order valence-corrected chi connectivity index (χ1v) is 6.54. The van der Waals surface area contributed by atoms with Crippen LogP contribution in [0, 0.1) is 11.3 Å². The van der Waals surface area contributed by atoms with Gasteiger partial charge in [0.2, 0.25) is 5.82 Å². The number of morpholine rings is 1. The fourth-order valence-corrected chi connectivity index (χ4v) is 2.12. The van der Waals surface area contributed by atoms with Crippen LogP contribution in [0.5, 0.6) is 5.75 Å². The summed E-state index contributed by atoms with van der Waals surface area (Å²) in [5.41, 5.74) is 0.814. The summed E-state index contributed by atoms with van der Waals surface area (Å²) >= 11 is 0. The fraction of sp³-hybridized carbons (Fsp3) is 0.357. The lowest BCUT2D eigenvalue weighted by Gasteiger charge is -2.27. The maximum absolute atomic E-state index is 8.91. The molecule has 0 radical (unpaired) electrons. The van der Waals surface area contributed by atoms with Gasteiger partial charge in [0.1, 0.15) is 5.75 Å². The molecule has 0 spiro atoms. The average Bonchev–Trinajstić information content (AvgIpc) is 3.05. The molecule has 0 bridgehead atoms. The molecule has 1 aliphatic heterocycles. The van der Waals surface area contributed by atoms with Crippen LogP contribution < -0.4 is 9.64 Å². The second kappa shape index (κ2) is 5.81. The maximum atomic E-state index is 8.91. The van der Waals surface area contributed by atoms with E-state index in [1.165, 1.54) is 0 Å². The molecule has 1 aromatic carbocycles. The average molecular weight is 286 g/mol. The molecule has 2 aromatic rings. The summed E-state index contributed by atoms with van der Waals surface area (Å²) in [7, 11) is 1.61. The monoisotopic (exact) mass is 286 g/mol. The smallest absolute Gasteiger partial charge is 0.324 e. The van der Waals surface area contributed by atoms with Gasteiger partial charge in [-0.25, -0.2) is 0 Å². The number of rotatable bonds is 3. The van der Waals surface area contributed by atoms with Crippen LogP contribution in [0.3, 0.4) is 0 Å². The zero-order valence-electron chi connectivity index (χ0n) is 11.5. The summed E-state index contributed by atoms with van der Waals surface area (Å²) in [6.45, 7) is 1.52. The standard InChI is InChI=1S/C14H14N4O3/c1-19-11-4-2-3-10(7-11)13-16-14(21-17-13)18-5-6-20-12(8-15)9-18/h2-4,7,12H,5-6,9H2,1H3. The number of nitrogens with zero attached hydrogens (tertiary/aromatic N) is 4. The summed E-state index contributed by atoms with van der Waals surface area (Å²) in [6, 6.07) is 9.93. The summed E-state index contributed by atoms with van der Waals surface area (Å²) in [5.74, 6) is 1.22. The summed E-state index contributed by atoms with van der Waals surface area (Å²) in [6.07, 6.45) is -0.467.